The molecule has 0 aliphatic rings. The normalized spacial score (nSPS) is 14.2. The molecule has 0 aliphatic carbocycles. The van der Waals surface area contributed by atoms with Gasteiger partial charge in [-0.3, -0.25) is 4.79 Å². The van der Waals surface area contributed by atoms with Crippen molar-refractivity contribution in [2.45, 2.75) is 86.7 Å². The van der Waals surface area contributed by atoms with Crippen LogP contribution in [0.4, 0.5) is 0 Å². The Labute approximate surface area is 171 Å². The molecule has 0 heterocycles. The summed E-state index contributed by atoms with van der Waals surface area (Å²) in [5.74, 6) is -0.776. The minimum absolute atomic E-state index is 0. The molecule has 0 radical (unpaired) electrons. The van der Waals surface area contributed by atoms with Gasteiger partial charge in [-0.25, -0.2) is 4.79 Å². The predicted octanol–water partition coefficient (Wildman–Crippen LogP) is 6.09. The third-order valence-electron chi connectivity index (χ3n) is 4.87. The molecule has 2 atom stereocenters. The minimum Gasteiger partial charge on any atom is -0.479 e. The van der Waals surface area contributed by atoms with Gasteiger partial charge in [0.05, 0.1) is 0 Å². The molecule has 1 aromatic carbocycles. The molecule has 2 unspecified atom stereocenters. The maximum absolute atomic E-state index is 10.5. The number of esters is 1. The number of aliphatic carboxylic acids is 1. The summed E-state index contributed by atoms with van der Waals surface area (Å²) in [5, 5.41) is 8.59. The van der Waals surface area contributed by atoms with Crippen molar-refractivity contribution in [1.82, 2.24) is 0 Å². The smallest absolute Gasteiger partial charge is 0.345 e. The average molecular weight is 660 g/mol. The molecule has 0 aromatic heterocycles. The maximum atomic E-state index is 10.5. The molecule has 1 aromatic rings. The van der Waals surface area contributed by atoms with Crippen LogP contribution in [0.1, 0.15) is 80.7 Å². The third-order valence-corrected chi connectivity index (χ3v) is 4.87. The summed E-state index contributed by atoms with van der Waals surface area (Å²) in [6, 6.07) is 10.9. The molecule has 5 heteroatoms. The van der Waals surface area contributed by atoms with Crippen LogP contribution in [0.5, 0.6) is 0 Å². The maximum Gasteiger partial charge on any atom is 0.345 e. The first-order chi connectivity index (χ1) is 12.7. The van der Waals surface area contributed by atoms with Gasteiger partial charge < -0.3 is 9.84 Å². The fraction of sp³-hybridized carbons (Fsp3) is 0.667. The second kappa shape index (κ2) is 11.9. The van der Waals surface area contributed by atoms with Gasteiger partial charge in [0.2, 0.25) is 0 Å². The van der Waals surface area contributed by atoms with Crippen LogP contribution in [0.3, 0.4) is 0 Å². The number of hydrogen-bond acceptors (Lipinski definition) is 3. The monoisotopic (exact) mass is 659 g/mol. The van der Waals surface area contributed by atoms with Crippen molar-refractivity contribution < 1.29 is 19.4 Å². The van der Waals surface area contributed by atoms with Crippen LogP contribution >= 0.6 is 0 Å². The molecule has 29 heavy (non-hydrogen) atoms. The van der Waals surface area contributed by atoms with Crippen molar-refractivity contribution in [2.24, 2.45) is 17.3 Å². The van der Waals surface area contributed by atoms with E-state index in [1.807, 2.05) is 13.8 Å². The Hall–Kier alpha value is -2.84. The van der Waals surface area contributed by atoms with Gasteiger partial charge in [-0.15, -0.1) is 0 Å². The van der Waals surface area contributed by atoms with E-state index in [-0.39, 0.29) is 11.3 Å². The molecule has 162 valence electrons. The van der Waals surface area contributed by atoms with Crippen LogP contribution in [0.15, 0.2) is 30.3 Å². The molecule has 0 fully saturated rings. The Kier molecular flexibility index (Phi) is 11.6. The van der Waals surface area contributed by atoms with Gasteiger partial charge in [-0.05, 0) is 41.1 Å². The van der Waals surface area contributed by atoms with Crippen LogP contribution in [0.2, 0.25) is 0 Å². The predicted molar refractivity (Wildman–Crippen MR) is 115 cm³/mol. The number of hydrogen-bond donors (Lipinski definition) is 1. The minimum atomic E-state index is -1.08. The molecule has 0 saturated heterocycles. The third kappa shape index (κ3) is 10.9. The SMILES string of the molecule is CC(=O)OC(CC(C)C)C(=O)O.CC(C)C(C)(CC(C)(C)C)c1ccccc1.[Rf]. The number of carbonyl (C=O) groups is 2. The summed E-state index contributed by atoms with van der Waals surface area (Å²) in [6.07, 6.45) is 0.582. The van der Waals surface area contributed by atoms with E-state index in [1.54, 1.807) is 0 Å². The number of carbonyl (C=O) groups excluding carboxylic acids is 1. The number of rotatable bonds is 7. The van der Waals surface area contributed by atoms with Crippen molar-refractivity contribution in [3.63, 3.8) is 0 Å². The van der Waals surface area contributed by atoms with E-state index in [0.29, 0.717) is 17.8 Å². The van der Waals surface area contributed by atoms with Gasteiger partial charge in [0, 0.05) is 6.92 Å². The Morgan fingerprint density at radius 3 is 1.79 bits per heavy atom. The summed E-state index contributed by atoms with van der Waals surface area (Å²) in [7, 11) is 0. The van der Waals surface area contributed by atoms with Crippen LogP contribution in [-0.4, -0.2) is 23.1 Å². The van der Waals surface area contributed by atoms with Crippen LogP contribution < -0.4 is 0 Å². The average Bonchev–Trinajstić information content (AvgIpc) is 2.53. The van der Waals surface area contributed by atoms with Crippen LogP contribution in [0.25, 0.3) is 0 Å². The largest absolute Gasteiger partial charge is 0.479 e. The van der Waals surface area contributed by atoms with Crippen molar-refractivity contribution in [3.8, 4) is 0 Å². The van der Waals surface area contributed by atoms with E-state index in [2.05, 4.69) is 76.6 Å². The van der Waals surface area contributed by atoms with E-state index in [0.717, 1.165) is 0 Å². The van der Waals surface area contributed by atoms with Gasteiger partial charge in [0.15, 0.2) is 6.10 Å². The molecule has 1 N–H and O–H groups in total. The van der Waals surface area contributed by atoms with E-state index in [1.165, 1.54) is 18.9 Å². The van der Waals surface area contributed by atoms with Gasteiger partial charge in [0.1, 0.15) is 0 Å². The summed E-state index contributed by atoms with van der Waals surface area (Å²) in [6.45, 7) is 19.0. The molecule has 1 rings (SSSR count). The number of carboxylic acid groups (broad SMARTS) is 1. The Morgan fingerprint density at radius 1 is 1.00 bits per heavy atom. The second-order valence-corrected chi connectivity index (χ2v) is 9.74. The van der Waals surface area contributed by atoms with Crippen molar-refractivity contribution in [1.29, 1.82) is 0 Å². The fourth-order valence-electron chi connectivity index (χ4n) is 3.39. The Balaban J connectivity index is 0. The van der Waals surface area contributed by atoms with Gasteiger partial charge in [-0.1, -0.05) is 85.7 Å². The quantitative estimate of drug-likeness (QED) is 0.361. The molecular weight excluding hydrogens is 619 g/mol. The Morgan fingerprint density at radius 2 is 1.48 bits per heavy atom. The molecular formula is C24H40O4Rf. The van der Waals surface area contributed by atoms with Crippen LogP contribution in [-0.2, 0) is 19.7 Å². The van der Waals surface area contributed by atoms with E-state index >= 15 is 0 Å². The topological polar surface area (TPSA) is 63.6 Å². The van der Waals surface area contributed by atoms with Crippen LogP contribution in [0, 0.1) is 17.3 Å². The van der Waals surface area contributed by atoms with Crippen molar-refractivity contribution in [2.75, 3.05) is 0 Å². The van der Waals surface area contributed by atoms with E-state index in [9.17, 15) is 9.59 Å². The first-order valence-corrected chi connectivity index (χ1v) is 10.1. The van der Waals surface area contributed by atoms with E-state index in [4.69, 9.17) is 5.11 Å². The van der Waals surface area contributed by atoms with Crippen molar-refractivity contribution >= 4 is 11.9 Å². The number of carboxylic acids is 1. The summed E-state index contributed by atoms with van der Waals surface area (Å²) >= 11 is 0. The molecule has 0 aliphatic heterocycles. The summed E-state index contributed by atoms with van der Waals surface area (Å²) in [5.41, 5.74) is 2.12. The number of benzene rings is 1. The molecule has 0 bridgehead atoms. The summed E-state index contributed by atoms with van der Waals surface area (Å²) in [4.78, 5) is 20.9. The first kappa shape index (κ1) is 28.4. The standard InChI is InChI=1S/C16H26.C8H14O4.Rf/c1-13(2)16(6,12-15(3,4)5)14-10-8-7-9-11-14;1-5(2)4-7(8(10)11)12-6(3)9;/h7-11,13H,12H2,1-6H3;5,7H,4H2,1-3H3,(H,10,11);. The summed E-state index contributed by atoms with van der Waals surface area (Å²) < 4.78 is 4.58. The molecule has 4 nitrogen and oxygen atoms in total. The second-order valence-electron chi connectivity index (χ2n) is 9.74. The molecule has 0 amide bonds. The molecule has 0 saturated carbocycles. The van der Waals surface area contributed by atoms with Gasteiger partial charge in [0.25, 0.3) is 0 Å². The first-order valence-electron chi connectivity index (χ1n) is 10.1. The fourth-order valence-corrected chi connectivity index (χ4v) is 3.39. The zero-order chi connectivity index (χ0) is 22.1. The zero-order valence-electron chi connectivity index (χ0n) is 19.9. The molecule has 0 spiro atoms. The van der Waals surface area contributed by atoms with Gasteiger partial charge in [-0.2, -0.15) is 0 Å². The van der Waals surface area contributed by atoms with Crippen molar-refractivity contribution in [3.05, 3.63) is 35.9 Å². The van der Waals surface area contributed by atoms with E-state index < -0.39 is 18.0 Å². The zero-order valence-corrected chi connectivity index (χ0v) is 26.3. The van der Waals surface area contributed by atoms with Gasteiger partial charge >= 0.3 is 11.9 Å². The Bertz CT molecular complexity index is 605. The number of ether oxygens (including phenoxy) is 1.